The molecule has 0 amide bonds. The molecule has 0 aliphatic rings. The fourth-order valence-corrected chi connectivity index (χ4v) is 0.353. The largest absolute Gasteiger partial charge is 0.548 e. The summed E-state index contributed by atoms with van der Waals surface area (Å²) in [4.78, 5) is 30.1. The van der Waals surface area contributed by atoms with Crippen molar-refractivity contribution in [3.8, 4) is 0 Å². The molecule has 0 spiro atoms. The van der Waals surface area contributed by atoms with E-state index in [-0.39, 0.29) is 6.61 Å². The minimum atomic E-state index is -1.14. The van der Waals surface area contributed by atoms with Crippen molar-refractivity contribution in [1.29, 1.82) is 0 Å². The van der Waals surface area contributed by atoms with Gasteiger partial charge in [0, 0.05) is 0 Å². The van der Waals surface area contributed by atoms with Gasteiger partial charge in [-0.3, -0.25) is 9.68 Å². The van der Waals surface area contributed by atoms with E-state index in [4.69, 9.17) is 0 Å². The van der Waals surface area contributed by atoms with Gasteiger partial charge >= 0.3 is 12.1 Å². The van der Waals surface area contributed by atoms with E-state index in [1.807, 2.05) is 0 Å². The predicted molar refractivity (Wildman–Crippen MR) is 43.7 cm³/mol. The Balaban J connectivity index is 3.86. The average Bonchev–Trinajstić information content (AvgIpc) is 1.99. The number of carbonyl (C=O) groups is 2. The van der Waals surface area contributed by atoms with Crippen LogP contribution in [0.3, 0.4) is 0 Å². The summed E-state index contributed by atoms with van der Waals surface area (Å²) in [7, 11) is 0. The van der Waals surface area contributed by atoms with Gasteiger partial charge in [-0.2, -0.15) is 4.89 Å². The Labute approximate surface area is 76.9 Å². The molecule has 0 aliphatic heterocycles. The van der Waals surface area contributed by atoms with Gasteiger partial charge in [-0.15, -0.1) is 0 Å². The van der Waals surface area contributed by atoms with Crippen molar-refractivity contribution in [2.75, 3.05) is 6.61 Å². The van der Waals surface area contributed by atoms with Gasteiger partial charge in [-0.05, 0) is 27.7 Å². The van der Waals surface area contributed by atoms with E-state index in [0.717, 1.165) is 0 Å². The molecule has 0 fully saturated rings. The van der Waals surface area contributed by atoms with Crippen LogP contribution in [0, 0.1) is 5.41 Å². The lowest BCUT2D eigenvalue weighted by molar-refractivity contribution is -0.250. The molecule has 0 rings (SSSR count). The molecule has 0 heterocycles. The van der Waals surface area contributed by atoms with Crippen LogP contribution in [-0.2, 0) is 19.3 Å². The maximum atomic E-state index is 11.1. The number of hydrogen-bond donors (Lipinski definition) is 0. The van der Waals surface area contributed by atoms with Gasteiger partial charge in [0.05, 0.1) is 12.0 Å². The number of esters is 1. The first-order valence-corrected chi connectivity index (χ1v) is 3.93. The summed E-state index contributed by atoms with van der Waals surface area (Å²) in [6.45, 7) is 6.73. The maximum Gasteiger partial charge on any atom is 0.548 e. The highest BCUT2D eigenvalue weighted by Gasteiger charge is 2.26. The molecule has 0 aromatic heterocycles. The summed E-state index contributed by atoms with van der Waals surface area (Å²) < 4.78 is 4.29. The molecule has 0 N–H and O–H groups in total. The van der Waals surface area contributed by atoms with E-state index in [0.29, 0.717) is 0 Å². The van der Waals surface area contributed by atoms with Crippen LogP contribution in [0.5, 0.6) is 0 Å². The van der Waals surface area contributed by atoms with Crippen LogP contribution in [0.1, 0.15) is 27.7 Å². The van der Waals surface area contributed by atoms with Crippen LogP contribution < -0.4 is 0 Å². The maximum absolute atomic E-state index is 11.1. The standard InChI is InChI=1S/C8H14O5/c1-5-11-13-7(10)12-6(9)8(2,3)4/h5H2,1-4H3. The second-order valence-corrected chi connectivity index (χ2v) is 3.38. The molecule has 76 valence electrons. The summed E-state index contributed by atoms with van der Waals surface area (Å²) in [6.07, 6.45) is -1.14. The van der Waals surface area contributed by atoms with Crippen LogP contribution in [-0.4, -0.2) is 18.7 Å². The van der Waals surface area contributed by atoms with Crippen LogP contribution in [0.2, 0.25) is 0 Å². The van der Waals surface area contributed by atoms with Crippen molar-refractivity contribution in [2.24, 2.45) is 5.41 Å². The number of rotatable bonds is 2. The highest BCUT2D eigenvalue weighted by atomic mass is 17.2. The fraction of sp³-hybridized carbons (Fsp3) is 0.750. The van der Waals surface area contributed by atoms with Crippen molar-refractivity contribution in [1.82, 2.24) is 0 Å². The molecule has 13 heavy (non-hydrogen) atoms. The second-order valence-electron chi connectivity index (χ2n) is 3.38. The monoisotopic (exact) mass is 190 g/mol. The van der Waals surface area contributed by atoms with Gasteiger partial charge in [0.15, 0.2) is 0 Å². The van der Waals surface area contributed by atoms with Gasteiger partial charge < -0.3 is 4.74 Å². The first-order valence-electron chi connectivity index (χ1n) is 3.93. The first-order chi connectivity index (χ1) is 5.88. The Morgan fingerprint density at radius 3 is 2.15 bits per heavy atom. The van der Waals surface area contributed by atoms with Crippen LogP contribution in [0.15, 0.2) is 0 Å². The topological polar surface area (TPSA) is 61.8 Å². The third-order valence-electron chi connectivity index (χ3n) is 1.03. The zero-order valence-corrected chi connectivity index (χ0v) is 8.25. The Morgan fingerprint density at radius 2 is 1.77 bits per heavy atom. The number of carbonyl (C=O) groups excluding carboxylic acids is 2. The normalized spacial score (nSPS) is 10.8. The minimum absolute atomic E-state index is 0.207. The van der Waals surface area contributed by atoms with E-state index in [1.54, 1.807) is 27.7 Å². The SMILES string of the molecule is CCOOC(=O)OC(=O)C(C)(C)C. The fourth-order valence-electron chi connectivity index (χ4n) is 0.353. The molecule has 0 bridgehead atoms. The van der Waals surface area contributed by atoms with Gasteiger partial charge in [0.1, 0.15) is 0 Å². The van der Waals surface area contributed by atoms with Crippen molar-refractivity contribution >= 4 is 12.1 Å². The third-order valence-corrected chi connectivity index (χ3v) is 1.03. The Kier molecular flexibility index (Phi) is 4.40. The molecule has 0 atom stereocenters. The number of hydrogen-bond acceptors (Lipinski definition) is 5. The third kappa shape index (κ3) is 5.19. The van der Waals surface area contributed by atoms with Crippen molar-refractivity contribution < 1.29 is 24.1 Å². The molecule has 0 radical (unpaired) electrons. The molecule has 0 saturated heterocycles. The molecule has 0 aliphatic carbocycles. The average molecular weight is 190 g/mol. The Bertz CT molecular complexity index is 191. The number of ether oxygens (including phenoxy) is 1. The summed E-state index contributed by atoms with van der Waals surface area (Å²) in [5.74, 6) is -0.655. The Morgan fingerprint density at radius 1 is 1.23 bits per heavy atom. The summed E-state index contributed by atoms with van der Waals surface area (Å²) in [5.41, 5.74) is -0.731. The van der Waals surface area contributed by atoms with Crippen molar-refractivity contribution in [3.63, 3.8) is 0 Å². The van der Waals surface area contributed by atoms with E-state index < -0.39 is 17.5 Å². The lowest BCUT2D eigenvalue weighted by Gasteiger charge is -2.14. The quantitative estimate of drug-likeness (QED) is 0.287. The lowest BCUT2D eigenvalue weighted by Crippen LogP contribution is -2.26. The lowest BCUT2D eigenvalue weighted by atomic mass is 9.98. The van der Waals surface area contributed by atoms with Gasteiger partial charge in [0.25, 0.3) is 0 Å². The summed E-state index contributed by atoms with van der Waals surface area (Å²) in [6, 6.07) is 0. The van der Waals surface area contributed by atoms with E-state index in [1.165, 1.54) is 0 Å². The molecule has 0 unspecified atom stereocenters. The first kappa shape index (κ1) is 11.9. The molecular weight excluding hydrogens is 176 g/mol. The highest BCUT2D eigenvalue weighted by Crippen LogP contribution is 2.15. The molecule has 0 aromatic rings. The van der Waals surface area contributed by atoms with E-state index >= 15 is 0 Å². The van der Waals surface area contributed by atoms with Gasteiger partial charge in [-0.25, -0.2) is 4.79 Å². The van der Waals surface area contributed by atoms with Crippen molar-refractivity contribution in [3.05, 3.63) is 0 Å². The van der Waals surface area contributed by atoms with E-state index in [2.05, 4.69) is 14.5 Å². The van der Waals surface area contributed by atoms with Crippen LogP contribution in [0.4, 0.5) is 4.79 Å². The van der Waals surface area contributed by atoms with Crippen LogP contribution >= 0.6 is 0 Å². The predicted octanol–water partition coefficient (Wildman–Crippen LogP) is 1.66. The highest BCUT2D eigenvalue weighted by molar-refractivity contribution is 5.85. The molecular formula is C8H14O5. The molecule has 5 nitrogen and oxygen atoms in total. The Hall–Kier alpha value is -1.10. The summed E-state index contributed by atoms with van der Waals surface area (Å²) >= 11 is 0. The zero-order valence-electron chi connectivity index (χ0n) is 8.25. The summed E-state index contributed by atoms with van der Waals surface area (Å²) in [5, 5.41) is 0. The van der Waals surface area contributed by atoms with Crippen molar-refractivity contribution in [2.45, 2.75) is 27.7 Å². The van der Waals surface area contributed by atoms with E-state index in [9.17, 15) is 9.59 Å². The molecule has 0 saturated carbocycles. The van der Waals surface area contributed by atoms with Crippen LogP contribution in [0.25, 0.3) is 0 Å². The second kappa shape index (κ2) is 4.81. The zero-order chi connectivity index (χ0) is 10.5. The molecule has 5 heteroatoms. The smallest absolute Gasteiger partial charge is 0.358 e. The van der Waals surface area contributed by atoms with Gasteiger partial charge in [-0.1, -0.05) is 0 Å². The molecule has 0 aromatic carbocycles. The minimum Gasteiger partial charge on any atom is -0.358 e. The van der Waals surface area contributed by atoms with Gasteiger partial charge in [0.2, 0.25) is 0 Å².